The number of carbonyl (C=O) groups is 2. The van der Waals surface area contributed by atoms with E-state index < -0.39 is 27.9 Å². The Kier molecular flexibility index (Phi) is 8.83. The van der Waals surface area contributed by atoms with Crippen LogP contribution in [0.3, 0.4) is 0 Å². The molecule has 1 unspecified atom stereocenters. The van der Waals surface area contributed by atoms with E-state index in [0.29, 0.717) is 12.1 Å². The van der Waals surface area contributed by atoms with Crippen molar-refractivity contribution in [1.82, 2.24) is 9.78 Å². The van der Waals surface area contributed by atoms with Crippen molar-refractivity contribution in [2.75, 3.05) is 33.2 Å². The lowest BCUT2D eigenvalue weighted by atomic mass is 10.00. The summed E-state index contributed by atoms with van der Waals surface area (Å²) in [6.07, 6.45) is 0.288. The fraction of sp³-hybridized carbons (Fsp3) is 0.476. The van der Waals surface area contributed by atoms with Crippen LogP contribution in [0.1, 0.15) is 35.3 Å². The monoisotopic (exact) mass is 484 g/mol. The van der Waals surface area contributed by atoms with Crippen molar-refractivity contribution >= 4 is 21.8 Å². The smallest absolute Gasteiger partial charge is 0.490 e. The number of aromatic nitrogens is 2. The molecule has 182 valence electrons. The van der Waals surface area contributed by atoms with Gasteiger partial charge in [0.1, 0.15) is 35.5 Å². The molecular weight excluding hydrogens is 456 g/mol. The number of rotatable bonds is 12. The quantitative estimate of drug-likeness (QED) is 0.271. The number of aryl methyl sites for hydroxylation is 1. The maximum atomic E-state index is 13.4. The molecule has 33 heavy (non-hydrogen) atoms. The molecule has 2 aromatic rings. The van der Waals surface area contributed by atoms with E-state index in [4.69, 9.17) is 19.3 Å². The Morgan fingerprint density at radius 2 is 1.91 bits per heavy atom. The van der Waals surface area contributed by atoms with Gasteiger partial charge < -0.3 is 24.1 Å². The summed E-state index contributed by atoms with van der Waals surface area (Å²) in [6.45, 7) is 5.49. The summed E-state index contributed by atoms with van der Waals surface area (Å²) in [5.41, 5.74) is 0.693. The molecule has 1 aromatic heterocycles. The summed E-state index contributed by atoms with van der Waals surface area (Å²) in [5.74, 6) is -0.225. The van der Waals surface area contributed by atoms with E-state index in [1.165, 1.54) is 30.1 Å². The molecule has 11 nitrogen and oxygen atoms in total. The predicted molar refractivity (Wildman–Crippen MR) is 117 cm³/mol. The molecule has 2 rings (SSSR count). The number of carbonyl (C=O) groups excluding carboxylic acids is 1. The minimum absolute atomic E-state index is 0.0344. The van der Waals surface area contributed by atoms with Gasteiger partial charge in [0.15, 0.2) is 15.6 Å². The first-order chi connectivity index (χ1) is 15.5. The van der Waals surface area contributed by atoms with Crippen LogP contribution in [0.15, 0.2) is 23.2 Å². The fourth-order valence-corrected chi connectivity index (χ4v) is 3.91. The Hall–Kier alpha value is -3.12. The summed E-state index contributed by atoms with van der Waals surface area (Å²) in [7, 11) is -2.13. The molecule has 1 aromatic carbocycles. The van der Waals surface area contributed by atoms with E-state index in [1.54, 1.807) is 20.8 Å². The molecule has 0 fully saturated rings. The largest absolute Gasteiger partial charge is 0.505 e. The molecule has 0 amide bonds. The first-order valence-corrected chi connectivity index (χ1v) is 12.0. The van der Waals surface area contributed by atoms with Crippen molar-refractivity contribution in [3.8, 4) is 11.6 Å². The van der Waals surface area contributed by atoms with Crippen LogP contribution >= 0.6 is 0 Å². The highest BCUT2D eigenvalue weighted by atomic mass is 32.2. The van der Waals surface area contributed by atoms with Crippen molar-refractivity contribution in [1.29, 1.82) is 0 Å². The van der Waals surface area contributed by atoms with Crippen molar-refractivity contribution in [2.24, 2.45) is 0 Å². The van der Waals surface area contributed by atoms with Crippen LogP contribution in [-0.2, 0) is 25.9 Å². The number of benzene rings is 1. The number of hydrogen-bond acceptors (Lipinski definition) is 9. The van der Waals surface area contributed by atoms with Gasteiger partial charge in [0.2, 0.25) is 5.88 Å². The first-order valence-electron chi connectivity index (χ1n) is 10.1. The van der Waals surface area contributed by atoms with Gasteiger partial charge in [-0.25, -0.2) is 17.9 Å². The van der Waals surface area contributed by atoms with Gasteiger partial charge in [-0.05, 0) is 32.9 Å². The zero-order valence-corrected chi connectivity index (χ0v) is 20.0. The highest BCUT2D eigenvalue weighted by Gasteiger charge is 2.27. The second-order valence-corrected chi connectivity index (χ2v) is 9.18. The van der Waals surface area contributed by atoms with Crippen LogP contribution in [-0.4, -0.2) is 74.5 Å². The number of hydrogen-bond donors (Lipinski definition) is 1. The number of methoxy groups -OCH3 is 1. The van der Waals surface area contributed by atoms with Crippen molar-refractivity contribution in [3.63, 3.8) is 0 Å². The third-order valence-electron chi connectivity index (χ3n) is 4.64. The lowest BCUT2D eigenvalue weighted by Gasteiger charge is -2.17. The molecule has 12 heteroatoms. The lowest BCUT2D eigenvalue weighted by Crippen LogP contribution is -2.23. The number of ether oxygens (including phenoxy) is 4. The SMILES string of the molecule is CCn1ncc(C(=O)c2ccc(S(C)(=O)=O)c(OCCOC)c2C)c1OC(C)COC(=O)O. The highest BCUT2D eigenvalue weighted by molar-refractivity contribution is 7.90. The third-order valence-corrected chi connectivity index (χ3v) is 5.76. The van der Waals surface area contributed by atoms with Crippen LogP contribution in [0.25, 0.3) is 0 Å². The van der Waals surface area contributed by atoms with Gasteiger partial charge in [0.05, 0.1) is 12.8 Å². The molecule has 1 heterocycles. The van der Waals surface area contributed by atoms with Crippen molar-refractivity contribution in [3.05, 3.63) is 35.0 Å². The van der Waals surface area contributed by atoms with E-state index in [9.17, 15) is 18.0 Å². The van der Waals surface area contributed by atoms with Crippen LogP contribution in [0.2, 0.25) is 0 Å². The van der Waals surface area contributed by atoms with Gasteiger partial charge in [-0.3, -0.25) is 4.79 Å². The molecular formula is C21H28N2O9S. The second kappa shape index (κ2) is 11.1. The number of sulfone groups is 1. The fourth-order valence-electron chi connectivity index (χ4n) is 3.05. The molecule has 1 atom stereocenters. The third kappa shape index (κ3) is 6.45. The standard InChI is InChI=1S/C21H28N2O9S/c1-6-23-20(32-13(2)12-31-21(25)26)16(11-22-23)18(24)15-7-8-17(33(5,27)28)19(14(15)3)30-10-9-29-4/h7-8,11,13H,6,9-10,12H2,1-5H3,(H,25,26). The Labute approximate surface area is 192 Å². The van der Waals surface area contributed by atoms with Gasteiger partial charge in [0, 0.05) is 31.0 Å². The van der Waals surface area contributed by atoms with Crippen LogP contribution in [0.5, 0.6) is 11.6 Å². The Balaban J connectivity index is 2.48. The maximum absolute atomic E-state index is 13.4. The maximum Gasteiger partial charge on any atom is 0.505 e. The summed E-state index contributed by atoms with van der Waals surface area (Å²) in [4.78, 5) is 24.0. The van der Waals surface area contributed by atoms with Gasteiger partial charge in [-0.2, -0.15) is 5.10 Å². The predicted octanol–water partition coefficient (Wildman–Crippen LogP) is 2.33. The minimum Gasteiger partial charge on any atom is -0.490 e. The zero-order chi connectivity index (χ0) is 24.8. The normalized spacial score (nSPS) is 12.3. The summed E-state index contributed by atoms with van der Waals surface area (Å²) in [6, 6.07) is 2.74. The van der Waals surface area contributed by atoms with E-state index >= 15 is 0 Å². The topological polar surface area (TPSA) is 143 Å². The molecule has 0 saturated carbocycles. The van der Waals surface area contributed by atoms with E-state index in [1.807, 2.05) is 0 Å². The van der Waals surface area contributed by atoms with Gasteiger partial charge in [0.25, 0.3) is 0 Å². The van der Waals surface area contributed by atoms with E-state index in [0.717, 1.165) is 6.26 Å². The molecule has 0 radical (unpaired) electrons. The molecule has 0 aliphatic rings. The Bertz CT molecular complexity index is 1110. The van der Waals surface area contributed by atoms with Gasteiger partial charge in [-0.15, -0.1) is 0 Å². The Morgan fingerprint density at radius 3 is 2.48 bits per heavy atom. The molecule has 0 spiro atoms. The summed E-state index contributed by atoms with van der Waals surface area (Å²) in [5, 5.41) is 12.9. The van der Waals surface area contributed by atoms with E-state index in [2.05, 4.69) is 9.84 Å². The van der Waals surface area contributed by atoms with Crippen molar-refractivity contribution in [2.45, 2.75) is 38.3 Å². The lowest BCUT2D eigenvalue weighted by molar-refractivity contribution is 0.0514. The molecule has 0 aliphatic carbocycles. The number of carboxylic acid groups (broad SMARTS) is 1. The summed E-state index contributed by atoms with van der Waals surface area (Å²) < 4.78 is 46.9. The van der Waals surface area contributed by atoms with Gasteiger partial charge in [-0.1, -0.05) is 0 Å². The van der Waals surface area contributed by atoms with E-state index in [-0.39, 0.29) is 47.5 Å². The second-order valence-electron chi connectivity index (χ2n) is 7.19. The van der Waals surface area contributed by atoms with Gasteiger partial charge >= 0.3 is 6.16 Å². The zero-order valence-electron chi connectivity index (χ0n) is 19.2. The average molecular weight is 485 g/mol. The summed E-state index contributed by atoms with van der Waals surface area (Å²) >= 11 is 0. The number of ketones is 1. The number of nitrogens with zero attached hydrogens (tertiary/aromatic N) is 2. The molecule has 0 bridgehead atoms. The molecule has 0 aliphatic heterocycles. The minimum atomic E-state index is -3.62. The molecule has 0 saturated heterocycles. The molecule has 1 N–H and O–H groups in total. The van der Waals surface area contributed by atoms with Crippen LogP contribution in [0.4, 0.5) is 4.79 Å². The van der Waals surface area contributed by atoms with Crippen molar-refractivity contribution < 1.29 is 42.1 Å². The Morgan fingerprint density at radius 1 is 1.21 bits per heavy atom. The highest BCUT2D eigenvalue weighted by Crippen LogP contribution is 2.33. The van der Waals surface area contributed by atoms with Crippen LogP contribution < -0.4 is 9.47 Å². The van der Waals surface area contributed by atoms with Crippen LogP contribution in [0, 0.1) is 6.92 Å². The first kappa shape index (κ1) is 26.1. The average Bonchev–Trinajstić information content (AvgIpc) is 3.14.